The van der Waals surface area contributed by atoms with E-state index in [1.165, 1.54) is 13.8 Å². The Kier molecular flexibility index (Phi) is 4.18. The topological polar surface area (TPSA) is 102 Å². The van der Waals surface area contributed by atoms with Crippen LogP contribution in [-0.4, -0.2) is 28.6 Å². The Morgan fingerprint density at radius 1 is 1.00 bits per heavy atom. The van der Waals surface area contributed by atoms with Gasteiger partial charge in [0.05, 0.1) is 0 Å². The first-order valence-electron chi connectivity index (χ1n) is 8.98. The largest absolute Gasteiger partial charge is 0.507 e. The molecule has 2 atom stereocenters. The highest BCUT2D eigenvalue weighted by Crippen LogP contribution is 2.50. The molecule has 146 valence electrons. The number of ketones is 2. The Balaban J connectivity index is 1.85. The smallest absolute Gasteiger partial charge is 0.231 e. The van der Waals surface area contributed by atoms with Crippen molar-refractivity contribution < 1.29 is 34.0 Å². The van der Waals surface area contributed by atoms with Gasteiger partial charge in [-0.15, -0.1) is 0 Å². The van der Waals surface area contributed by atoms with E-state index in [0.29, 0.717) is 23.5 Å². The molecule has 2 aliphatic rings. The van der Waals surface area contributed by atoms with Gasteiger partial charge in [-0.1, -0.05) is 13.0 Å². The highest BCUT2D eigenvalue weighted by Gasteiger charge is 2.37. The Labute approximate surface area is 161 Å². The Morgan fingerprint density at radius 3 is 2.36 bits per heavy atom. The van der Waals surface area contributed by atoms with E-state index >= 15 is 0 Å². The molecule has 2 heterocycles. The van der Waals surface area contributed by atoms with Crippen molar-refractivity contribution in [3.05, 3.63) is 40.5 Å². The third-order valence-corrected chi connectivity index (χ3v) is 5.21. The van der Waals surface area contributed by atoms with Crippen LogP contribution in [0.4, 0.5) is 0 Å². The first kappa shape index (κ1) is 18.2. The fourth-order valence-corrected chi connectivity index (χ4v) is 3.89. The van der Waals surface area contributed by atoms with Gasteiger partial charge in [0.2, 0.25) is 6.79 Å². The average Bonchev–Trinajstić information content (AvgIpc) is 3.09. The van der Waals surface area contributed by atoms with Crippen molar-refractivity contribution in [2.75, 3.05) is 6.79 Å². The van der Waals surface area contributed by atoms with Crippen LogP contribution in [0.1, 0.15) is 58.7 Å². The van der Waals surface area contributed by atoms with Crippen LogP contribution in [0.2, 0.25) is 0 Å². The maximum atomic E-state index is 12.2. The average molecular weight is 384 g/mol. The van der Waals surface area contributed by atoms with Crippen LogP contribution in [0.25, 0.3) is 0 Å². The summed E-state index contributed by atoms with van der Waals surface area (Å²) in [5.74, 6) is -0.532. The summed E-state index contributed by atoms with van der Waals surface area (Å²) in [6.07, 6.45) is -0.0525. The molecule has 0 aliphatic carbocycles. The van der Waals surface area contributed by atoms with Gasteiger partial charge in [-0.05, 0) is 38.0 Å². The summed E-state index contributed by atoms with van der Waals surface area (Å²) in [6.45, 7) is 4.62. The van der Waals surface area contributed by atoms with Gasteiger partial charge in [0.25, 0.3) is 0 Å². The molecule has 0 unspecified atom stereocenters. The van der Waals surface area contributed by atoms with Gasteiger partial charge < -0.3 is 24.4 Å². The molecule has 4 rings (SSSR count). The lowest BCUT2D eigenvalue weighted by molar-refractivity contribution is 0.0969. The van der Waals surface area contributed by atoms with Crippen molar-refractivity contribution in [1.29, 1.82) is 0 Å². The molecule has 0 radical (unpaired) electrons. The minimum absolute atomic E-state index is 0.0667. The van der Waals surface area contributed by atoms with E-state index in [-0.39, 0.29) is 35.3 Å². The van der Waals surface area contributed by atoms with Crippen molar-refractivity contribution in [3.8, 4) is 28.7 Å². The summed E-state index contributed by atoms with van der Waals surface area (Å²) in [5.41, 5.74) is 0.848. The molecule has 0 saturated carbocycles. The third kappa shape index (κ3) is 2.66. The molecule has 7 heteroatoms. The van der Waals surface area contributed by atoms with Crippen molar-refractivity contribution in [3.63, 3.8) is 0 Å². The molecule has 2 aromatic rings. The maximum Gasteiger partial charge on any atom is 0.231 e. The molecular formula is C21H20O7. The fourth-order valence-electron chi connectivity index (χ4n) is 3.89. The minimum Gasteiger partial charge on any atom is -0.507 e. The summed E-state index contributed by atoms with van der Waals surface area (Å²) >= 11 is 0. The van der Waals surface area contributed by atoms with Crippen LogP contribution in [0.5, 0.6) is 28.7 Å². The number of phenols is 2. The van der Waals surface area contributed by atoms with Crippen LogP contribution in [0, 0.1) is 5.92 Å². The monoisotopic (exact) mass is 384 g/mol. The Hall–Kier alpha value is -3.22. The third-order valence-electron chi connectivity index (χ3n) is 5.21. The first-order chi connectivity index (χ1) is 13.3. The SMILES string of the molecule is CC(=O)c1c(O)c2c(c(C(C)=O)c1O)O[C@@H](c1ccc3c(c1)OCO3)[C@H](C)C2. The molecule has 0 bridgehead atoms. The molecule has 0 aromatic heterocycles. The molecule has 0 saturated heterocycles. The Bertz CT molecular complexity index is 1010. The second-order valence-corrected chi connectivity index (χ2v) is 7.20. The number of hydrogen-bond donors (Lipinski definition) is 2. The number of aromatic hydroxyl groups is 2. The molecule has 2 aliphatic heterocycles. The molecular weight excluding hydrogens is 364 g/mol. The quantitative estimate of drug-likeness (QED) is 0.780. The normalized spacial score (nSPS) is 19.7. The lowest BCUT2D eigenvalue weighted by Crippen LogP contribution is -2.26. The summed E-state index contributed by atoms with van der Waals surface area (Å²) in [4.78, 5) is 24.2. The second-order valence-electron chi connectivity index (χ2n) is 7.20. The van der Waals surface area contributed by atoms with Crippen molar-refractivity contribution in [2.24, 2.45) is 5.92 Å². The van der Waals surface area contributed by atoms with Gasteiger partial charge in [-0.3, -0.25) is 9.59 Å². The minimum atomic E-state index is -0.546. The zero-order valence-electron chi connectivity index (χ0n) is 15.7. The van der Waals surface area contributed by atoms with Crippen LogP contribution >= 0.6 is 0 Å². The molecule has 0 amide bonds. The van der Waals surface area contributed by atoms with Crippen LogP contribution in [0.3, 0.4) is 0 Å². The highest BCUT2D eigenvalue weighted by atomic mass is 16.7. The van der Waals surface area contributed by atoms with E-state index in [2.05, 4.69) is 0 Å². The summed E-state index contributed by atoms with van der Waals surface area (Å²) in [5, 5.41) is 21.1. The molecule has 0 spiro atoms. The zero-order valence-corrected chi connectivity index (χ0v) is 15.7. The number of rotatable bonds is 3. The van der Waals surface area contributed by atoms with E-state index < -0.39 is 23.4 Å². The van der Waals surface area contributed by atoms with E-state index in [9.17, 15) is 19.8 Å². The number of carbonyl (C=O) groups excluding carboxylic acids is 2. The zero-order chi connectivity index (χ0) is 20.2. The number of Topliss-reactive ketones (excluding diaryl/α,β-unsaturated/α-hetero) is 2. The lowest BCUT2D eigenvalue weighted by atomic mass is 9.84. The Morgan fingerprint density at radius 2 is 1.68 bits per heavy atom. The molecule has 0 fully saturated rings. The molecule has 2 aromatic carbocycles. The van der Waals surface area contributed by atoms with Crippen LogP contribution < -0.4 is 14.2 Å². The molecule has 28 heavy (non-hydrogen) atoms. The van der Waals surface area contributed by atoms with Gasteiger partial charge >= 0.3 is 0 Å². The van der Waals surface area contributed by atoms with E-state index in [0.717, 1.165) is 5.56 Å². The van der Waals surface area contributed by atoms with E-state index in [1.807, 2.05) is 19.1 Å². The summed E-state index contributed by atoms with van der Waals surface area (Å²) in [6, 6.07) is 5.48. The lowest BCUT2D eigenvalue weighted by Gasteiger charge is -2.34. The number of ether oxygens (including phenoxy) is 3. The number of carbonyl (C=O) groups is 2. The maximum absolute atomic E-state index is 12.2. The number of phenolic OH excluding ortho intramolecular Hbond substituents is 2. The predicted octanol–water partition coefficient (Wildman–Crippen LogP) is 3.54. The first-order valence-corrected chi connectivity index (χ1v) is 8.98. The molecule has 7 nitrogen and oxygen atoms in total. The van der Waals surface area contributed by atoms with Gasteiger partial charge in [0, 0.05) is 11.5 Å². The van der Waals surface area contributed by atoms with E-state index in [1.54, 1.807) is 6.07 Å². The summed E-state index contributed by atoms with van der Waals surface area (Å²) < 4.78 is 16.9. The van der Waals surface area contributed by atoms with Gasteiger partial charge in [0.1, 0.15) is 34.5 Å². The van der Waals surface area contributed by atoms with Crippen molar-refractivity contribution >= 4 is 11.6 Å². The fraction of sp³-hybridized carbons (Fsp3) is 0.333. The van der Waals surface area contributed by atoms with Crippen LogP contribution in [0.15, 0.2) is 18.2 Å². The highest BCUT2D eigenvalue weighted by molar-refractivity contribution is 6.08. The van der Waals surface area contributed by atoms with Gasteiger partial charge in [0.15, 0.2) is 23.1 Å². The van der Waals surface area contributed by atoms with Crippen molar-refractivity contribution in [2.45, 2.75) is 33.3 Å². The number of fused-ring (bicyclic) bond motifs is 2. The van der Waals surface area contributed by atoms with Crippen molar-refractivity contribution in [1.82, 2.24) is 0 Å². The standard InChI is InChI=1S/C21H20O7/c1-9-6-13-18(24)16(10(2)22)19(25)17(11(3)23)21(13)28-20(9)12-4-5-14-15(7-12)27-8-26-14/h4-5,7,9,20,24-25H,6,8H2,1-3H3/t9-,20-/m1/s1. The van der Waals surface area contributed by atoms with E-state index in [4.69, 9.17) is 14.2 Å². The van der Waals surface area contributed by atoms with Crippen LogP contribution in [-0.2, 0) is 6.42 Å². The van der Waals surface area contributed by atoms with Gasteiger partial charge in [-0.25, -0.2) is 0 Å². The predicted molar refractivity (Wildman–Crippen MR) is 98.6 cm³/mol. The number of hydrogen-bond acceptors (Lipinski definition) is 7. The van der Waals surface area contributed by atoms with Gasteiger partial charge in [-0.2, -0.15) is 0 Å². The molecule has 2 N–H and O–H groups in total. The summed E-state index contributed by atoms with van der Waals surface area (Å²) in [7, 11) is 0. The number of benzene rings is 2. The second kappa shape index (κ2) is 6.44.